The van der Waals surface area contributed by atoms with Gasteiger partial charge in [0.2, 0.25) is 5.91 Å². The van der Waals surface area contributed by atoms with Gasteiger partial charge in [0.15, 0.2) is 0 Å². The monoisotopic (exact) mass is 381 g/mol. The van der Waals surface area contributed by atoms with Gasteiger partial charge in [-0.2, -0.15) is 0 Å². The predicted octanol–water partition coefficient (Wildman–Crippen LogP) is 4.73. The van der Waals surface area contributed by atoms with Gasteiger partial charge in [-0.1, -0.05) is 31.2 Å². The number of nitrogens with one attached hydrogen (secondary N) is 1. The molecule has 0 aromatic heterocycles. The highest BCUT2D eigenvalue weighted by atomic mass is 16.5. The fourth-order valence-electron chi connectivity index (χ4n) is 3.54. The SMILES string of the molecule is CCCC(=O)NC[C@@H]1C[C@H]1c1cccc(OCCCc2ccc(OC)cc2)c1. The Kier molecular flexibility index (Phi) is 7.35. The first-order valence-electron chi connectivity index (χ1n) is 10.3. The zero-order valence-electron chi connectivity index (χ0n) is 16.9. The van der Waals surface area contributed by atoms with E-state index in [1.807, 2.05) is 25.1 Å². The van der Waals surface area contributed by atoms with E-state index in [1.54, 1.807) is 7.11 Å². The van der Waals surface area contributed by atoms with Crippen LogP contribution in [0.4, 0.5) is 0 Å². The van der Waals surface area contributed by atoms with Crippen molar-refractivity contribution in [3.8, 4) is 11.5 Å². The summed E-state index contributed by atoms with van der Waals surface area (Å²) in [5, 5.41) is 3.05. The van der Waals surface area contributed by atoms with Gasteiger partial charge in [0.05, 0.1) is 13.7 Å². The molecule has 0 saturated heterocycles. The lowest BCUT2D eigenvalue weighted by Gasteiger charge is -2.09. The van der Waals surface area contributed by atoms with Crippen molar-refractivity contribution in [1.29, 1.82) is 0 Å². The summed E-state index contributed by atoms with van der Waals surface area (Å²) >= 11 is 0. The molecule has 0 heterocycles. The van der Waals surface area contributed by atoms with Gasteiger partial charge in [0.25, 0.3) is 0 Å². The third kappa shape index (κ3) is 6.01. The van der Waals surface area contributed by atoms with Crippen LogP contribution in [-0.2, 0) is 11.2 Å². The Hall–Kier alpha value is -2.49. The van der Waals surface area contributed by atoms with Crippen LogP contribution in [0.1, 0.15) is 49.7 Å². The lowest BCUT2D eigenvalue weighted by Crippen LogP contribution is -2.25. The molecular weight excluding hydrogens is 350 g/mol. The van der Waals surface area contributed by atoms with E-state index >= 15 is 0 Å². The van der Waals surface area contributed by atoms with Crippen molar-refractivity contribution in [2.45, 2.75) is 44.9 Å². The second-order valence-corrected chi connectivity index (χ2v) is 7.53. The van der Waals surface area contributed by atoms with Crippen molar-refractivity contribution in [3.63, 3.8) is 0 Å². The minimum Gasteiger partial charge on any atom is -0.497 e. The number of carbonyl (C=O) groups excluding carboxylic acids is 1. The van der Waals surface area contributed by atoms with Crippen molar-refractivity contribution >= 4 is 5.91 Å². The zero-order valence-corrected chi connectivity index (χ0v) is 16.9. The highest BCUT2D eigenvalue weighted by Crippen LogP contribution is 2.47. The number of rotatable bonds is 11. The summed E-state index contributed by atoms with van der Waals surface area (Å²) < 4.78 is 11.2. The first kappa shape index (κ1) is 20.2. The van der Waals surface area contributed by atoms with E-state index < -0.39 is 0 Å². The summed E-state index contributed by atoms with van der Waals surface area (Å²) in [6, 6.07) is 16.6. The minimum atomic E-state index is 0.169. The van der Waals surface area contributed by atoms with Gasteiger partial charge in [-0.25, -0.2) is 0 Å². The Bertz CT molecular complexity index is 757. The number of benzene rings is 2. The molecule has 2 aromatic carbocycles. The third-order valence-electron chi connectivity index (χ3n) is 5.28. The van der Waals surface area contributed by atoms with Crippen LogP contribution in [0.15, 0.2) is 48.5 Å². The van der Waals surface area contributed by atoms with E-state index in [4.69, 9.17) is 9.47 Å². The van der Waals surface area contributed by atoms with Crippen LogP contribution >= 0.6 is 0 Å². The van der Waals surface area contributed by atoms with Gasteiger partial charge in [-0.05, 0) is 72.9 Å². The summed E-state index contributed by atoms with van der Waals surface area (Å²) in [6.07, 6.45) is 4.64. The molecular formula is C24H31NO3. The zero-order chi connectivity index (χ0) is 19.8. The normalized spacial score (nSPS) is 17.8. The Balaban J connectivity index is 1.39. The van der Waals surface area contributed by atoms with Crippen molar-refractivity contribution < 1.29 is 14.3 Å². The number of amides is 1. The second-order valence-electron chi connectivity index (χ2n) is 7.53. The van der Waals surface area contributed by atoms with Gasteiger partial charge < -0.3 is 14.8 Å². The van der Waals surface area contributed by atoms with Crippen molar-refractivity contribution in [2.24, 2.45) is 5.92 Å². The van der Waals surface area contributed by atoms with E-state index in [-0.39, 0.29) is 5.91 Å². The topological polar surface area (TPSA) is 47.6 Å². The molecule has 3 rings (SSSR count). The van der Waals surface area contributed by atoms with Crippen LogP contribution in [0.3, 0.4) is 0 Å². The molecule has 4 heteroatoms. The Morgan fingerprint density at radius 1 is 1.14 bits per heavy atom. The van der Waals surface area contributed by atoms with Crippen LogP contribution in [0.2, 0.25) is 0 Å². The van der Waals surface area contributed by atoms with Gasteiger partial charge in [0.1, 0.15) is 11.5 Å². The lowest BCUT2D eigenvalue weighted by molar-refractivity contribution is -0.121. The molecule has 0 radical (unpaired) electrons. The molecule has 1 fully saturated rings. The average Bonchev–Trinajstić information content (AvgIpc) is 3.50. The van der Waals surface area contributed by atoms with E-state index in [2.05, 4.69) is 35.6 Å². The number of aryl methyl sites for hydroxylation is 1. The molecule has 4 nitrogen and oxygen atoms in total. The molecule has 2 aromatic rings. The molecule has 0 aliphatic heterocycles. The second kappa shape index (κ2) is 10.2. The van der Waals surface area contributed by atoms with Crippen molar-refractivity contribution in [2.75, 3.05) is 20.3 Å². The fourth-order valence-corrected chi connectivity index (χ4v) is 3.54. The van der Waals surface area contributed by atoms with Crippen molar-refractivity contribution in [1.82, 2.24) is 5.32 Å². The molecule has 1 aliphatic rings. The fraction of sp³-hybridized carbons (Fsp3) is 0.458. The number of hydrogen-bond acceptors (Lipinski definition) is 3. The minimum absolute atomic E-state index is 0.169. The molecule has 1 aliphatic carbocycles. The third-order valence-corrected chi connectivity index (χ3v) is 5.28. The smallest absolute Gasteiger partial charge is 0.219 e. The molecule has 1 saturated carbocycles. The van der Waals surface area contributed by atoms with Crippen LogP contribution in [0.5, 0.6) is 11.5 Å². The molecule has 0 bridgehead atoms. The maximum Gasteiger partial charge on any atom is 0.219 e. The van der Waals surface area contributed by atoms with Gasteiger partial charge in [0, 0.05) is 13.0 Å². The summed E-state index contributed by atoms with van der Waals surface area (Å²) in [5.41, 5.74) is 2.62. The first-order valence-corrected chi connectivity index (χ1v) is 10.3. The standard InChI is InChI=1S/C24H31NO3/c1-3-6-24(26)25-17-20-16-23(20)19-8-4-9-22(15-19)28-14-5-7-18-10-12-21(27-2)13-11-18/h4,8-13,15,20,23H,3,5-7,14,16-17H2,1-2H3,(H,25,26)/t20-,23-/m0/s1. The number of hydrogen-bond donors (Lipinski definition) is 1. The maximum atomic E-state index is 11.6. The molecule has 0 spiro atoms. The predicted molar refractivity (Wildman–Crippen MR) is 112 cm³/mol. The Morgan fingerprint density at radius 3 is 2.71 bits per heavy atom. The summed E-state index contributed by atoms with van der Waals surface area (Å²) in [6.45, 7) is 3.52. The van der Waals surface area contributed by atoms with Crippen LogP contribution < -0.4 is 14.8 Å². The van der Waals surface area contributed by atoms with E-state index in [0.717, 1.165) is 43.7 Å². The number of ether oxygens (including phenoxy) is 2. The van der Waals surface area contributed by atoms with Gasteiger partial charge >= 0.3 is 0 Å². The molecule has 2 atom stereocenters. The maximum absolute atomic E-state index is 11.6. The molecule has 1 amide bonds. The summed E-state index contributed by atoms with van der Waals surface area (Å²) in [4.78, 5) is 11.6. The summed E-state index contributed by atoms with van der Waals surface area (Å²) in [7, 11) is 1.68. The van der Waals surface area contributed by atoms with E-state index in [0.29, 0.717) is 24.9 Å². The molecule has 0 unspecified atom stereocenters. The highest BCUT2D eigenvalue weighted by Gasteiger charge is 2.38. The quantitative estimate of drug-likeness (QED) is 0.573. The van der Waals surface area contributed by atoms with Crippen LogP contribution in [0, 0.1) is 5.92 Å². The largest absolute Gasteiger partial charge is 0.497 e. The van der Waals surface area contributed by atoms with Crippen molar-refractivity contribution in [3.05, 3.63) is 59.7 Å². The van der Waals surface area contributed by atoms with Gasteiger partial charge in [-0.15, -0.1) is 0 Å². The summed E-state index contributed by atoms with van der Waals surface area (Å²) in [5.74, 6) is 3.10. The Labute approximate surface area is 168 Å². The van der Waals surface area contributed by atoms with Crippen LogP contribution in [0.25, 0.3) is 0 Å². The first-order chi connectivity index (χ1) is 13.7. The number of carbonyl (C=O) groups is 1. The Morgan fingerprint density at radius 2 is 1.96 bits per heavy atom. The van der Waals surface area contributed by atoms with Crippen LogP contribution in [-0.4, -0.2) is 26.2 Å². The van der Waals surface area contributed by atoms with E-state index in [9.17, 15) is 4.79 Å². The average molecular weight is 382 g/mol. The molecule has 150 valence electrons. The number of methoxy groups -OCH3 is 1. The molecule has 1 N–H and O–H groups in total. The lowest BCUT2D eigenvalue weighted by atomic mass is 10.1. The molecule has 28 heavy (non-hydrogen) atoms. The van der Waals surface area contributed by atoms with Gasteiger partial charge in [-0.3, -0.25) is 4.79 Å². The highest BCUT2D eigenvalue weighted by molar-refractivity contribution is 5.75. The van der Waals surface area contributed by atoms with E-state index in [1.165, 1.54) is 11.1 Å².